The molecule has 3 heteroatoms. The predicted molar refractivity (Wildman–Crippen MR) is 48.1 cm³/mol. The molecule has 12 heavy (non-hydrogen) atoms. The summed E-state index contributed by atoms with van der Waals surface area (Å²) in [6.07, 6.45) is 1.52. The molecule has 66 valence electrons. The lowest BCUT2D eigenvalue weighted by molar-refractivity contribution is 0.221. The van der Waals surface area contributed by atoms with E-state index in [1.165, 1.54) is 20.0 Å². The molecule has 1 aromatic rings. The molecule has 0 fully saturated rings. The zero-order valence-corrected chi connectivity index (χ0v) is 8.11. The standard InChI is InChI=1S/C9H11ClFN/c1-6-8(10)4-7(5-12-6)9(2,3)11/h4-5H,1-3H3. The lowest BCUT2D eigenvalue weighted by atomic mass is 10.0. The molecule has 0 aliphatic carbocycles. The minimum atomic E-state index is -1.37. The molecule has 0 saturated heterocycles. The van der Waals surface area contributed by atoms with Crippen molar-refractivity contribution in [3.05, 3.63) is 28.5 Å². The molecule has 0 spiro atoms. The first-order chi connectivity index (χ1) is 5.41. The second-order valence-electron chi connectivity index (χ2n) is 3.26. The fourth-order valence-corrected chi connectivity index (χ4v) is 0.998. The Morgan fingerprint density at radius 1 is 1.50 bits per heavy atom. The van der Waals surface area contributed by atoms with E-state index in [4.69, 9.17) is 11.6 Å². The van der Waals surface area contributed by atoms with Gasteiger partial charge < -0.3 is 0 Å². The lowest BCUT2D eigenvalue weighted by Crippen LogP contribution is -2.09. The number of nitrogens with zero attached hydrogens (tertiary/aromatic N) is 1. The summed E-state index contributed by atoms with van der Waals surface area (Å²) in [5.74, 6) is 0. The number of hydrogen-bond donors (Lipinski definition) is 0. The van der Waals surface area contributed by atoms with Crippen LogP contribution in [0.5, 0.6) is 0 Å². The van der Waals surface area contributed by atoms with Crippen LogP contribution in [0.25, 0.3) is 0 Å². The molecule has 0 atom stereocenters. The van der Waals surface area contributed by atoms with Gasteiger partial charge in [0.05, 0.1) is 10.7 Å². The topological polar surface area (TPSA) is 12.9 Å². The Kier molecular flexibility index (Phi) is 2.38. The highest BCUT2D eigenvalue weighted by Gasteiger charge is 2.19. The van der Waals surface area contributed by atoms with Crippen molar-refractivity contribution in [3.8, 4) is 0 Å². The van der Waals surface area contributed by atoms with Crippen LogP contribution >= 0.6 is 11.6 Å². The smallest absolute Gasteiger partial charge is 0.132 e. The zero-order chi connectivity index (χ0) is 9.35. The van der Waals surface area contributed by atoms with Crippen molar-refractivity contribution in [1.82, 2.24) is 4.98 Å². The molecular weight excluding hydrogens is 177 g/mol. The van der Waals surface area contributed by atoms with Crippen molar-refractivity contribution in [1.29, 1.82) is 0 Å². The summed E-state index contributed by atoms with van der Waals surface area (Å²) in [6, 6.07) is 1.61. The van der Waals surface area contributed by atoms with Gasteiger partial charge in [-0.25, -0.2) is 4.39 Å². The Bertz CT molecular complexity index is 291. The fraction of sp³-hybridized carbons (Fsp3) is 0.444. The maximum absolute atomic E-state index is 13.3. The predicted octanol–water partition coefficient (Wildman–Crippen LogP) is 3.25. The van der Waals surface area contributed by atoms with E-state index < -0.39 is 5.67 Å². The van der Waals surface area contributed by atoms with Crippen molar-refractivity contribution in [2.24, 2.45) is 0 Å². The molecule has 0 bridgehead atoms. The fourth-order valence-electron chi connectivity index (χ4n) is 0.831. The molecule has 1 aromatic heterocycles. The molecule has 0 amide bonds. The van der Waals surface area contributed by atoms with Crippen LogP contribution in [0, 0.1) is 6.92 Å². The van der Waals surface area contributed by atoms with Gasteiger partial charge in [0, 0.05) is 11.8 Å². The largest absolute Gasteiger partial charge is 0.260 e. The van der Waals surface area contributed by atoms with E-state index in [0.29, 0.717) is 10.6 Å². The first-order valence-electron chi connectivity index (χ1n) is 3.73. The molecule has 0 saturated carbocycles. The van der Waals surface area contributed by atoms with Crippen LogP contribution in [0.4, 0.5) is 4.39 Å². The zero-order valence-electron chi connectivity index (χ0n) is 7.36. The van der Waals surface area contributed by atoms with Gasteiger partial charge in [0.15, 0.2) is 0 Å². The van der Waals surface area contributed by atoms with Crippen LogP contribution in [0.15, 0.2) is 12.3 Å². The Labute approximate surface area is 76.6 Å². The van der Waals surface area contributed by atoms with E-state index in [9.17, 15) is 4.39 Å². The van der Waals surface area contributed by atoms with Gasteiger partial charge >= 0.3 is 0 Å². The molecule has 0 N–H and O–H groups in total. The van der Waals surface area contributed by atoms with Crippen LogP contribution in [0.2, 0.25) is 5.02 Å². The summed E-state index contributed by atoms with van der Waals surface area (Å²) in [5.41, 5.74) is -0.132. The van der Waals surface area contributed by atoms with Crippen molar-refractivity contribution >= 4 is 11.6 Å². The number of alkyl halides is 1. The van der Waals surface area contributed by atoms with Gasteiger partial charge in [0.1, 0.15) is 5.67 Å². The summed E-state index contributed by atoms with van der Waals surface area (Å²) >= 11 is 5.79. The molecule has 1 rings (SSSR count). The maximum atomic E-state index is 13.3. The molecule has 0 aromatic carbocycles. The Hall–Kier alpha value is -0.630. The van der Waals surface area contributed by atoms with Crippen LogP contribution in [0.1, 0.15) is 25.1 Å². The Morgan fingerprint density at radius 2 is 2.08 bits per heavy atom. The van der Waals surface area contributed by atoms with Crippen molar-refractivity contribution in [3.63, 3.8) is 0 Å². The third kappa shape index (κ3) is 1.95. The van der Waals surface area contributed by atoms with Gasteiger partial charge in [-0.3, -0.25) is 4.98 Å². The molecule has 0 aliphatic heterocycles. The van der Waals surface area contributed by atoms with E-state index in [1.54, 1.807) is 13.0 Å². The maximum Gasteiger partial charge on any atom is 0.132 e. The summed E-state index contributed by atoms with van der Waals surface area (Å²) < 4.78 is 13.3. The summed E-state index contributed by atoms with van der Waals surface area (Å²) in [4.78, 5) is 3.97. The molecule has 1 nitrogen and oxygen atoms in total. The number of hydrogen-bond acceptors (Lipinski definition) is 1. The van der Waals surface area contributed by atoms with E-state index in [-0.39, 0.29) is 0 Å². The second kappa shape index (κ2) is 3.02. The SMILES string of the molecule is Cc1ncc(C(C)(C)F)cc1Cl. The van der Waals surface area contributed by atoms with Gasteiger partial charge in [-0.1, -0.05) is 11.6 Å². The third-order valence-electron chi connectivity index (χ3n) is 1.71. The van der Waals surface area contributed by atoms with Crippen LogP contribution in [0.3, 0.4) is 0 Å². The van der Waals surface area contributed by atoms with Gasteiger partial charge in [0.2, 0.25) is 0 Å². The quantitative estimate of drug-likeness (QED) is 0.658. The van der Waals surface area contributed by atoms with Gasteiger partial charge in [-0.2, -0.15) is 0 Å². The Morgan fingerprint density at radius 3 is 2.50 bits per heavy atom. The van der Waals surface area contributed by atoms with E-state index >= 15 is 0 Å². The molecule has 0 aliphatic rings. The Balaban J connectivity index is 3.14. The number of rotatable bonds is 1. The van der Waals surface area contributed by atoms with Crippen LogP contribution in [-0.4, -0.2) is 4.98 Å². The average Bonchev–Trinajstić information content (AvgIpc) is 1.92. The monoisotopic (exact) mass is 187 g/mol. The summed E-state index contributed by atoms with van der Waals surface area (Å²) in [6.45, 7) is 4.75. The highest BCUT2D eigenvalue weighted by atomic mass is 35.5. The van der Waals surface area contributed by atoms with Crippen LogP contribution < -0.4 is 0 Å². The highest BCUT2D eigenvalue weighted by Crippen LogP contribution is 2.26. The number of halogens is 2. The van der Waals surface area contributed by atoms with E-state index in [1.807, 2.05) is 0 Å². The molecule has 0 radical (unpaired) electrons. The minimum Gasteiger partial charge on any atom is -0.260 e. The number of aryl methyl sites for hydroxylation is 1. The van der Waals surface area contributed by atoms with Crippen molar-refractivity contribution in [2.75, 3.05) is 0 Å². The van der Waals surface area contributed by atoms with E-state index in [2.05, 4.69) is 4.98 Å². The minimum absolute atomic E-state index is 0.512. The van der Waals surface area contributed by atoms with Crippen molar-refractivity contribution < 1.29 is 4.39 Å². The first-order valence-corrected chi connectivity index (χ1v) is 4.10. The highest BCUT2D eigenvalue weighted by molar-refractivity contribution is 6.31. The molecule has 1 heterocycles. The first kappa shape index (κ1) is 9.46. The average molecular weight is 188 g/mol. The third-order valence-corrected chi connectivity index (χ3v) is 2.09. The lowest BCUT2D eigenvalue weighted by Gasteiger charge is -2.14. The van der Waals surface area contributed by atoms with Crippen molar-refractivity contribution in [2.45, 2.75) is 26.4 Å². The number of aromatic nitrogens is 1. The van der Waals surface area contributed by atoms with Gasteiger partial charge in [-0.15, -0.1) is 0 Å². The van der Waals surface area contributed by atoms with E-state index in [0.717, 1.165) is 5.69 Å². The summed E-state index contributed by atoms with van der Waals surface area (Å²) in [7, 11) is 0. The van der Waals surface area contributed by atoms with Crippen LogP contribution in [-0.2, 0) is 5.67 Å². The van der Waals surface area contributed by atoms with Gasteiger partial charge in [0.25, 0.3) is 0 Å². The van der Waals surface area contributed by atoms with Gasteiger partial charge in [-0.05, 0) is 26.8 Å². The molecular formula is C9H11ClFN. The number of pyridine rings is 1. The second-order valence-corrected chi connectivity index (χ2v) is 3.67. The molecule has 0 unspecified atom stereocenters. The normalized spacial score (nSPS) is 11.8. The summed E-state index contributed by atoms with van der Waals surface area (Å²) in [5, 5.41) is 0.512.